The minimum absolute atomic E-state index is 0.00248. The van der Waals surface area contributed by atoms with Crippen LogP contribution in [0.25, 0.3) is 0 Å². The average Bonchev–Trinajstić information content (AvgIpc) is 3.10. The van der Waals surface area contributed by atoms with E-state index in [1.54, 1.807) is 7.05 Å². The van der Waals surface area contributed by atoms with Crippen LogP contribution in [0, 0.1) is 23.2 Å². The molecule has 3 rings (SSSR count). The third kappa shape index (κ3) is 3.65. The molecule has 31 heavy (non-hydrogen) atoms. The van der Waals surface area contributed by atoms with E-state index < -0.39 is 34.6 Å². The van der Waals surface area contributed by atoms with Crippen molar-refractivity contribution < 1.29 is 24.2 Å². The van der Waals surface area contributed by atoms with Crippen LogP contribution in [0.5, 0.6) is 0 Å². The van der Waals surface area contributed by atoms with Gasteiger partial charge in [0.2, 0.25) is 17.7 Å². The molecule has 2 bridgehead atoms. The van der Waals surface area contributed by atoms with Crippen LogP contribution in [0.2, 0.25) is 0 Å². The van der Waals surface area contributed by atoms with Gasteiger partial charge in [-0.15, -0.1) is 0 Å². The molecule has 8 heteroatoms. The molecule has 8 nitrogen and oxygen atoms in total. The van der Waals surface area contributed by atoms with Gasteiger partial charge in [-0.1, -0.05) is 27.7 Å². The number of nitrogens with zero attached hydrogens (tertiary/aromatic N) is 1. The molecule has 3 unspecified atom stereocenters. The number of carbonyl (C=O) groups excluding carboxylic acids is 3. The van der Waals surface area contributed by atoms with Crippen molar-refractivity contribution in [1.29, 1.82) is 0 Å². The normalized spacial score (nSPS) is 37.2. The van der Waals surface area contributed by atoms with Crippen molar-refractivity contribution >= 4 is 17.7 Å². The van der Waals surface area contributed by atoms with E-state index >= 15 is 0 Å². The fraction of sp³-hybridized carbons (Fsp3) is 0.870. The van der Waals surface area contributed by atoms with E-state index in [9.17, 15) is 19.5 Å². The van der Waals surface area contributed by atoms with Crippen LogP contribution in [0.15, 0.2) is 0 Å². The lowest BCUT2D eigenvalue weighted by atomic mass is 9.62. The van der Waals surface area contributed by atoms with Crippen molar-refractivity contribution in [1.82, 2.24) is 15.5 Å². The summed E-state index contributed by atoms with van der Waals surface area (Å²) in [7, 11) is 1.55. The number of aliphatic hydroxyl groups is 1. The van der Waals surface area contributed by atoms with Crippen molar-refractivity contribution in [3.05, 3.63) is 0 Å². The summed E-state index contributed by atoms with van der Waals surface area (Å²) in [5.41, 5.74) is -2.38. The zero-order valence-electron chi connectivity index (χ0n) is 20.2. The number of aliphatic hydroxyl groups excluding tert-OH is 1. The van der Waals surface area contributed by atoms with Gasteiger partial charge in [-0.25, -0.2) is 0 Å². The predicted octanol–water partition coefficient (Wildman–Crippen LogP) is 1.07. The second-order valence-electron chi connectivity index (χ2n) is 11.7. The van der Waals surface area contributed by atoms with E-state index in [0.29, 0.717) is 6.42 Å². The fourth-order valence-electron chi connectivity index (χ4n) is 6.71. The highest BCUT2D eigenvalue weighted by molar-refractivity contribution is 5.99. The standard InChI is InChI=1S/C23H39N3O5/c1-13-11-23-15(14(17(28)24-8)22(13,7)31-23)19(30)26(9-10-27)16(23)18(29)25-21(5,6)12-20(2,3)4/h13-16,27H,9-12H2,1-8H3,(H,24,28)(H,25,29)/t13?,14-,15-,16?,22+,23?/m0/s1. The van der Waals surface area contributed by atoms with Crippen LogP contribution < -0.4 is 10.6 Å². The number of hydrogen-bond donors (Lipinski definition) is 3. The van der Waals surface area contributed by atoms with Gasteiger partial charge in [-0.2, -0.15) is 0 Å². The van der Waals surface area contributed by atoms with Crippen LogP contribution in [-0.4, -0.2) is 70.7 Å². The highest BCUT2D eigenvalue weighted by Crippen LogP contribution is 2.65. The summed E-state index contributed by atoms with van der Waals surface area (Å²) < 4.78 is 6.55. The molecule has 3 saturated heterocycles. The van der Waals surface area contributed by atoms with Gasteiger partial charge >= 0.3 is 0 Å². The largest absolute Gasteiger partial charge is 0.395 e. The summed E-state index contributed by atoms with van der Waals surface area (Å²) in [6.45, 7) is 14.0. The molecular formula is C23H39N3O5. The molecule has 6 atom stereocenters. The Hall–Kier alpha value is -1.67. The van der Waals surface area contributed by atoms with Gasteiger partial charge in [0, 0.05) is 19.1 Å². The molecule has 3 fully saturated rings. The Morgan fingerprint density at radius 1 is 1.23 bits per heavy atom. The molecule has 0 aliphatic carbocycles. The van der Waals surface area contributed by atoms with Gasteiger partial charge in [0.05, 0.1) is 24.0 Å². The topological polar surface area (TPSA) is 108 Å². The van der Waals surface area contributed by atoms with E-state index in [-0.39, 0.29) is 42.2 Å². The summed E-state index contributed by atoms with van der Waals surface area (Å²) in [5.74, 6) is -2.21. The molecule has 3 amide bonds. The summed E-state index contributed by atoms with van der Waals surface area (Å²) >= 11 is 0. The Kier molecular flexibility index (Phi) is 5.76. The first-order chi connectivity index (χ1) is 14.1. The van der Waals surface area contributed by atoms with E-state index in [1.165, 1.54) is 4.90 Å². The quantitative estimate of drug-likeness (QED) is 0.576. The second kappa shape index (κ2) is 7.44. The van der Waals surface area contributed by atoms with Gasteiger partial charge in [0.15, 0.2) is 0 Å². The van der Waals surface area contributed by atoms with Gasteiger partial charge in [-0.3, -0.25) is 14.4 Å². The SMILES string of the molecule is CNC(=O)[C@@H]1[C@H]2C(=O)N(CCO)C(C(=O)NC(C)(C)CC(C)(C)C)C23CC(C)[C@@]1(C)O3. The zero-order chi connectivity index (χ0) is 23.6. The molecule has 3 aliphatic heterocycles. The Balaban J connectivity index is 2.02. The van der Waals surface area contributed by atoms with E-state index in [1.807, 2.05) is 27.7 Å². The molecule has 0 aromatic rings. The van der Waals surface area contributed by atoms with Gasteiger partial charge in [0.1, 0.15) is 11.6 Å². The minimum atomic E-state index is -1.07. The van der Waals surface area contributed by atoms with Crippen molar-refractivity contribution in [2.45, 2.75) is 84.1 Å². The summed E-state index contributed by atoms with van der Waals surface area (Å²) in [6, 6.07) is -0.879. The number of rotatable bonds is 6. The van der Waals surface area contributed by atoms with Gasteiger partial charge < -0.3 is 25.4 Å². The lowest BCUT2D eigenvalue weighted by molar-refractivity contribution is -0.148. The van der Waals surface area contributed by atoms with Crippen LogP contribution in [0.4, 0.5) is 0 Å². The lowest BCUT2D eigenvalue weighted by Crippen LogP contribution is -2.59. The smallest absolute Gasteiger partial charge is 0.246 e. The Morgan fingerprint density at radius 3 is 2.35 bits per heavy atom. The zero-order valence-corrected chi connectivity index (χ0v) is 20.2. The Bertz CT molecular complexity index is 776. The molecule has 1 spiro atoms. The number of amides is 3. The first kappa shape index (κ1) is 24.0. The molecule has 3 heterocycles. The number of hydrogen-bond acceptors (Lipinski definition) is 5. The molecule has 0 aromatic carbocycles. The van der Waals surface area contributed by atoms with Crippen molar-refractivity contribution in [2.24, 2.45) is 23.2 Å². The summed E-state index contributed by atoms with van der Waals surface area (Å²) in [5, 5.41) is 15.5. The van der Waals surface area contributed by atoms with Gasteiger partial charge in [-0.05, 0) is 44.9 Å². The number of carbonyl (C=O) groups is 3. The van der Waals surface area contributed by atoms with Crippen LogP contribution in [0.3, 0.4) is 0 Å². The maximum Gasteiger partial charge on any atom is 0.246 e. The lowest BCUT2D eigenvalue weighted by Gasteiger charge is -2.38. The third-order valence-corrected chi connectivity index (χ3v) is 7.37. The average molecular weight is 438 g/mol. The Labute approximate surface area is 185 Å². The highest BCUT2D eigenvalue weighted by atomic mass is 16.5. The molecule has 3 N–H and O–H groups in total. The van der Waals surface area contributed by atoms with E-state index in [2.05, 4.69) is 31.4 Å². The first-order valence-electron chi connectivity index (χ1n) is 11.3. The monoisotopic (exact) mass is 437 g/mol. The molecule has 0 aromatic heterocycles. The van der Waals surface area contributed by atoms with E-state index in [0.717, 1.165) is 6.42 Å². The molecule has 0 radical (unpaired) electrons. The van der Waals surface area contributed by atoms with Crippen LogP contribution in [0.1, 0.15) is 61.3 Å². The maximum atomic E-state index is 13.7. The Morgan fingerprint density at radius 2 is 1.84 bits per heavy atom. The number of ether oxygens (including phenoxy) is 1. The maximum absolute atomic E-state index is 13.7. The van der Waals surface area contributed by atoms with Crippen LogP contribution in [-0.2, 0) is 19.1 Å². The van der Waals surface area contributed by atoms with Crippen LogP contribution >= 0.6 is 0 Å². The van der Waals surface area contributed by atoms with E-state index in [4.69, 9.17) is 4.74 Å². The summed E-state index contributed by atoms with van der Waals surface area (Å²) in [6.07, 6.45) is 1.27. The summed E-state index contributed by atoms with van der Waals surface area (Å²) in [4.78, 5) is 41.5. The number of nitrogens with one attached hydrogen (secondary N) is 2. The predicted molar refractivity (Wildman–Crippen MR) is 116 cm³/mol. The molecule has 3 aliphatic rings. The molecular weight excluding hydrogens is 398 g/mol. The van der Waals surface area contributed by atoms with Crippen molar-refractivity contribution in [3.8, 4) is 0 Å². The third-order valence-electron chi connectivity index (χ3n) is 7.37. The number of likely N-dealkylation sites (tertiary alicyclic amines) is 1. The highest BCUT2D eigenvalue weighted by Gasteiger charge is 2.79. The van der Waals surface area contributed by atoms with Gasteiger partial charge in [0.25, 0.3) is 0 Å². The first-order valence-corrected chi connectivity index (χ1v) is 11.3. The number of fused-ring (bicyclic) bond motifs is 1. The fourth-order valence-corrected chi connectivity index (χ4v) is 6.71. The second-order valence-corrected chi connectivity index (χ2v) is 11.7. The number of β-amino-alcohol motifs (C(OH)–C–C–N with tert-alkyl or cyclic N) is 1. The minimum Gasteiger partial charge on any atom is -0.395 e. The molecule has 0 saturated carbocycles. The van der Waals surface area contributed by atoms with Crippen molar-refractivity contribution in [2.75, 3.05) is 20.2 Å². The molecule has 176 valence electrons. The van der Waals surface area contributed by atoms with Crippen molar-refractivity contribution in [3.63, 3.8) is 0 Å².